The molecule has 1 aromatic rings. The zero-order chi connectivity index (χ0) is 6.85. The Morgan fingerprint density at radius 1 is 1.56 bits per heavy atom. The molecule has 0 N–H and O–H groups in total. The van der Waals surface area contributed by atoms with Crippen molar-refractivity contribution >= 4 is 22.6 Å². The minimum absolute atomic E-state index is 0.334. The van der Waals surface area contributed by atoms with Gasteiger partial charge in [0.2, 0.25) is 9.72 Å². The third-order valence-electron chi connectivity index (χ3n) is 0.911. The van der Waals surface area contributed by atoms with E-state index in [1.807, 2.05) is 36.4 Å². The Hall–Kier alpha value is -0.130. The lowest BCUT2D eigenvalue weighted by molar-refractivity contribution is 0.362. The number of hydrogen-bond donors (Lipinski definition) is 0. The van der Waals surface area contributed by atoms with E-state index in [0.717, 1.165) is 0 Å². The summed E-state index contributed by atoms with van der Waals surface area (Å²) in [6.07, 6.45) is 0. The predicted molar refractivity (Wildman–Crippen MR) is 41.1 cm³/mol. The van der Waals surface area contributed by atoms with Crippen molar-refractivity contribution in [3.8, 4) is 0 Å². The second-order valence-electron chi connectivity index (χ2n) is 2.06. The summed E-state index contributed by atoms with van der Waals surface area (Å²) < 4.78 is 5.53. The Morgan fingerprint density at radius 2 is 2.22 bits per heavy atom. The molecule has 9 heavy (non-hydrogen) atoms. The first kappa shape index (κ1) is 6.98. The van der Waals surface area contributed by atoms with Gasteiger partial charge in [-0.15, -0.1) is 0 Å². The van der Waals surface area contributed by atoms with E-state index >= 15 is 0 Å². The third-order valence-corrected chi connectivity index (χ3v) is 1.35. The summed E-state index contributed by atoms with van der Waals surface area (Å²) in [7, 11) is 0. The highest BCUT2D eigenvalue weighted by Crippen LogP contribution is 2.10. The van der Waals surface area contributed by atoms with Gasteiger partial charge in [0.1, 0.15) is 0 Å². The van der Waals surface area contributed by atoms with Crippen LogP contribution in [-0.4, -0.2) is 10.1 Å². The minimum Gasteiger partial charge on any atom is -0.338 e. The number of hydrogen-bond acceptors (Lipinski definition) is 3. The first-order valence-electron chi connectivity index (χ1n) is 2.69. The molecule has 1 aromatic heterocycles. The Kier molecular flexibility index (Phi) is 2.05. The van der Waals surface area contributed by atoms with Crippen molar-refractivity contribution in [2.24, 2.45) is 0 Å². The Labute approximate surface area is 67.0 Å². The van der Waals surface area contributed by atoms with Gasteiger partial charge in [-0.1, -0.05) is 19.0 Å². The SMILES string of the molecule is CC(C)c1nc(I)no1. The first-order chi connectivity index (χ1) is 4.20. The van der Waals surface area contributed by atoms with Crippen molar-refractivity contribution < 1.29 is 4.52 Å². The predicted octanol–water partition coefficient (Wildman–Crippen LogP) is 1.80. The molecule has 0 aromatic carbocycles. The largest absolute Gasteiger partial charge is 0.338 e. The van der Waals surface area contributed by atoms with Gasteiger partial charge in [-0.3, -0.25) is 0 Å². The molecule has 0 aliphatic carbocycles. The first-order valence-corrected chi connectivity index (χ1v) is 3.77. The lowest BCUT2D eigenvalue weighted by Crippen LogP contribution is -1.85. The fourth-order valence-corrected chi connectivity index (χ4v) is 0.787. The van der Waals surface area contributed by atoms with E-state index in [1.165, 1.54) is 0 Å². The topological polar surface area (TPSA) is 38.9 Å². The minimum atomic E-state index is 0.334. The van der Waals surface area contributed by atoms with Crippen LogP contribution in [0.4, 0.5) is 0 Å². The lowest BCUT2D eigenvalue weighted by Gasteiger charge is -1.90. The van der Waals surface area contributed by atoms with Gasteiger partial charge in [0.15, 0.2) is 0 Å². The van der Waals surface area contributed by atoms with Crippen LogP contribution in [0.25, 0.3) is 0 Å². The summed E-state index contributed by atoms with van der Waals surface area (Å²) in [6, 6.07) is 0. The summed E-state index contributed by atoms with van der Waals surface area (Å²) in [5.41, 5.74) is 0. The van der Waals surface area contributed by atoms with Crippen LogP contribution < -0.4 is 0 Å². The number of rotatable bonds is 1. The van der Waals surface area contributed by atoms with Crippen molar-refractivity contribution in [2.45, 2.75) is 19.8 Å². The molecular weight excluding hydrogens is 231 g/mol. The smallest absolute Gasteiger partial charge is 0.232 e. The van der Waals surface area contributed by atoms with E-state index in [9.17, 15) is 0 Å². The number of halogens is 1. The lowest BCUT2D eigenvalue weighted by atomic mass is 10.2. The molecule has 0 saturated carbocycles. The molecule has 50 valence electrons. The molecule has 0 radical (unpaired) electrons. The summed E-state index contributed by atoms with van der Waals surface area (Å²) in [4.78, 5) is 4.02. The average Bonchev–Trinajstić information content (AvgIpc) is 2.14. The fraction of sp³-hybridized carbons (Fsp3) is 0.600. The van der Waals surface area contributed by atoms with Gasteiger partial charge in [-0.2, -0.15) is 4.98 Å². The van der Waals surface area contributed by atoms with Crippen molar-refractivity contribution in [1.82, 2.24) is 10.1 Å². The average molecular weight is 238 g/mol. The zero-order valence-corrected chi connectivity index (χ0v) is 7.42. The fourth-order valence-electron chi connectivity index (χ4n) is 0.451. The monoisotopic (exact) mass is 238 g/mol. The molecule has 0 spiro atoms. The Bertz CT molecular complexity index is 197. The summed E-state index contributed by atoms with van der Waals surface area (Å²) >= 11 is 2.02. The molecule has 0 atom stereocenters. The highest BCUT2D eigenvalue weighted by atomic mass is 127. The van der Waals surface area contributed by atoms with E-state index in [-0.39, 0.29) is 0 Å². The van der Waals surface area contributed by atoms with Gasteiger partial charge < -0.3 is 4.52 Å². The third kappa shape index (κ3) is 1.64. The standard InChI is InChI=1S/C5H7IN2O/c1-3(2)4-7-5(6)8-9-4/h3H,1-2H3. The van der Waals surface area contributed by atoms with E-state index in [1.54, 1.807) is 0 Å². The molecule has 0 bridgehead atoms. The van der Waals surface area contributed by atoms with E-state index in [0.29, 0.717) is 15.6 Å². The quantitative estimate of drug-likeness (QED) is 0.700. The molecule has 3 nitrogen and oxygen atoms in total. The number of nitrogens with zero attached hydrogens (tertiary/aromatic N) is 2. The number of aromatic nitrogens is 2. The molecule has 0 amide bonds. The Morgan fingerprint density at radius 3 is 2.44 bits per heavy atom. The van der Waals surface area contributed by atoms with Crippen molar-refractivity contribution in [1.29, 1.82) is 0 Å². The molecule has 0 unspecified atom stereocenters. The van der Waals surface area contributed by atoms with Gasteiger partial charge in [-0.05, 0) is 0 Å². The highest BCUT2D eigenvalue weighted by Gasteiger charge is 2.06. The maximum Gasteiger partial charge on any atom is 0.232 e. The zero-order valence-electron chi connectivity index (χ0n) is 5.26. The van der Waals surface area contributed by atoms with Crippen LogP contribution in [0, 0.1) is 3.83 Å². The van der Waals surface area contributed by atoms with Gasteiger partial charge in [0, 0.05) is 28.5 Å². The van der Waals surface area contributed by atoms with Crippen LogP contribution in [0.2, 0.25) is 0 Å². The second kappa shape index (κ2) is 2.64. The van der Waals surface area contributed by atoms with Crippen molar-refractivity contribution in [3.63, 3.8) is 0 Å². The van der Waals surface area contributed by atoms with Crippen LogP contribution in [0.5, 0.6) is 0 Å². The van der Waals surface area contributed by atoms with Gasteiger partial charge in [0.25, 0.3) is 0 Å². The second-order valence-corrected chi connectivity index (χ2v) is 3.02. The molecule has 0 fully saturated rings. The van der Waals surface area contributed by atoms with E-state index in [2.05, 4.69) is 10.1 Å². The highest BCUT2D eigenvalue weighted by molar-refractivity contribution is 14.1. The van der Waals surface area contributed by atoms with Crippen molar-refractivity contribution in [3.05, 3.63) is 9.72 Å². The van der Waals surface area contributed by atoms with E-state index < -0.39 is 0 Å². The Balaban J connectivity index is 2.85. The van der Waals surface area contributed by atoms with Crippen LogP contribution in [0.1, 0.15) is 25.7 Å². The van der Waals surface area contributed by atoms with Crippen LogP contribution in [0.15, 0.2) is 4.52 Å². The molecule has 0 aliphatic heterocycles. The van der Waals surface area contributed by atoms with Crippen LogP contribution in [0.3, 0.4) is 0 Å². The maximum atomic E-state index is 4.86. The summed E-state index contributed by atoms with van der Waals surface area (Å²) in [6.45, 7) is 4.03. The molecular formula is C5H7IN2O. The molecule has 1 rings (SSSR count). The summed E-state index contributed by atoms with van der Waals surface area (Å²) in [5.74, 6) is 1.04. The van der Waals surface area contributed by atoms with Gasteiger partial charge >= 0.3 is 0 Å². The van der Waals surface area contributed by atoms with E-state index in [4.69, 9.17) is 4.52 Å². The van der Waals surface area contributed by atoms with Crippen molar-refractivity contribution in [2.75, 3.05) is 0 Å². The maximum absolute atomic E-state index is 4.86. The normalized spacial score (nSPS) is 10.7. The molecule has 0 aliphatic rings. The molecule has 4 heteroatoms. The molecule has 1 heterocycles. The van der Waals surface area contributed by atoms with Gasteiger partial charge in [0.05, 0.1) is 0 Å². The molecule has 0 saturated heterocycles. The van der Waals surface area contributed by atoms with Gasteiger partial charge in [-0.25, -0.2) is 0 Å². The van der Waals surface area contributed by atoms with Crippen LogP contribution >= 0.6 is 22.6 Å². The van der Waals surface area contributed by atoms with Crippen LogP contribution in [-0.2, 0) is 0 Å². The summed E-state index contributed by atoms with van der Waals surface area (Å²) in [5, 5.41) is 3.64.